The fraction of sp³-hybridized carbons (Fsp3) is 0.0625. The molecule has 0 amide bonds. The second-order valence-corrected chi connectivity index (χ2v) is 5.87. The Balaban J connectivity index is 1.88. The van der Waals surface area contributed by atoms with Crippen LogP contribution in [0.15, 0.2) is 59.6 Å². The van der Waals surface area contributed by atoms with Crippen LogP contribution in [-0.4, -0.2) is 10.1 Å². The first-order valence-corrected chi connectivity index (χ1v) is 7.54. The van der Waals surface area contributed by atoms with E-state index in [9.17, 15) is 5.11 Å². The minimum absolute atomic E-state index is 0.223. The van der Waals surface area contributed by atoms with Crippen molar-refractivity contribution in [3.63, 3.8) is 0 Å². The zero-order chi connectivity index (χ0) is 13.9. The first-order valence-electron chi connectivity index (χ1n) is 6.18. The van der Waals surface area contributed by atoms with Gasteiger partial charge in [0.2, 0.25) is 0 Å². The quantitative estimate of drug-likeness (QED) is 0.699. The largest absolute Gasteiger partial charge is 0.506 e. The number of fused-ring (bicyclic) bond motifs is 1. The molecule has 0 spiro atoms. The lowest BCUT2D eigenvalue weighted by molar-refractivity contribution is 0.480. The number of nitrogens with zero attached hydrogens (tertiary/aromatic N) is 1. The van der Waals surface area contributed by atoms with Crippen LogP contribution in [0.5, 0.6) is 5.75 Å². The van der Waals surface area contributed by atoms with E-state index in [1.807, 2.05) is 42.5 Å². The van der Waals surface area contributed by atoms with E-state index >= 15 is 0 Å². The molecule has 3 rings (SSSR count). The number of aromatic nitrogens is 1. The lowest BCUT2D eigenvalue weighted by Crippen LogP contribution is -1.87. The fourth-order valence-electron chi connectivity index (χ4n) is 2.03. The average Bonchev–Trinajstić information content (AvgIpc) is 2.49. The van der Waals surface area contributed by atoms with Gasteiger partial charge in [0.05, 0.1) is 0 Å². The van der Waals surface area contributed by atoms with Gasteiger partial charge in [0, 0.05) is 27.3 Å². The van der Waals surface area contributed by atoms with Crippen LogP contribution in [0.1, 0.15) is 5.56 Å². The molecule has 0 aliphatic heterocycles. The van der Waals surface area contributed by atoms with Crippen LogP contribution in [0.3, 0.4) is 0 Å². The highest BCUT2D eigenvalue weighted by Gasteiger charge is 2.06. The Morgan fingerprint density at radius 3 is 2.65 bits per heavy atom. The van der Waals surface area contributed by atoms with E-state index in [-0.39, 0.29) is 5.75 Å². The van der Waals surface area contributed by atoms with Crippen LogP contribution >= 0.6 is 23.4 Å². The van der Waals surface area contributed by atoms with Crippen LogP contribution in [-0.2, 0) is 5.75 Å². The molecule has 20 heavy (non-hydrogen) atoms. The van der Waals surface area contributed by atoms with E-state index in [4.69, 9.17) is 11.6 Å². The minimum atomic E-state index is 0.223. The maximum Gasteiger partial charge on any atom is 0.141 e. The van der Waals surface area contributed by atoms with Crippen LogP contribution in [0.25, 0.3) is 10.9 Å². The third-order valence-corrected chi connectivity index (χ3v) is 4.36. The van der Waals surface area contributed by atoms with Crippen LogP contribution < -0.4 is 0 Å². The van der Waals surface area contributed by atoms with Crippen molar-refractivity contribution >= 4 is 34.3 Å². The number of halogens is 1. The van der Waals surface area contributed by atoms with Crippen molar-refractivity contribution in [3.8, 4) is 5.75 Å². The molecule has 0 fully saturated rings. The molecule has 2 aromatic carbocycles. The molecule has 0 bridgehead atoms. The van der Waals surface area contributed by atoms with Gasteiger partial charge in [0.1, 0.15) is 11.3 Å². The average molecular weight is 302 g/mol. The SMILES string of the molecule is Oc1ccc(CSc2ccc(Cl)cc2)c2cccnc12. The summed E-state index contributed by atoms with van der Waals surface area (Å²) >= 11 is 7.61. The molecule has 1 heterocycles. The second kappa shape index (κ2) is 5.73. The van der Waals surface area contributed by atoms with E-state index < -0.39 is 0 Å². The van der Waals surface area contributed by atoms with Crippen molar-refractivity contribution in [2.45, 2.75) is 10.6 Å². The fourth-order valence-corrected chi connectivity index (χ4v) is 3.06. The van der Waals surface area contributed by atoms with Gasteiger partial charge in [-0.25, -0.2) is 0 Å². The van der Waals surface area contributed by atoms with Crippen molar-refractivity contribution in [3.05, 3.63) is 65.3 Å². The normalized spacial score (nSPS) is 10.8. The zero-order valence-corrected chi connectivity index (χ0v) is 12.2. The third-order valence-electron chi connectivity index (χ3n) is 3.05. The van der Waals surface area contributed by atoms with Gasteiger partial charge in [-0.05, 0) is 42.0 Å². The zero-order valence-electron chi connectivity index (χ0n) is 10.6. The Morgan fingerprint density at radius 1 is 1.05 bits per heavy atom. The lowest BCUT2D eigenvalue weighted by Gasteiger charge is -2.07. The maximum absolute atomic E-state index is 9.83. The topological polar surface area (TPSA) is 33.1 Å². The minimum Gasteiger partial charge on any atom is -0.506 e. The van der Waals surface area contributed by atoms with Gasteiger partial charge in [-0.3, -0.25) is 4.98 Å². The molecule has 0 atom stereocenters. The van der Waals surface area contributed by atoms with Gasteiger partial charge >= 0.3 is 0 Å². The summed E-state index contributed by atoms with van der Waals surface area (Å²) in [6, 6.07) is 15.3. The Bertz CT molecular complexity index is 743. The van der Waals surface area contributed by atoms with Gasteiger partial charge in [-0.1, -0.05) is 23.7 Å². The maximum atomic E-state index is 9.83. The summed E-state index contributed by atoms with van der Waals surface area (Å²) in [7, 11) is 0. The van der Waals surface area contributed by atoms with Crippen molar-refractivity contribution in [1.29, 1.82) is 0 Å². The summed E-state index contributed by atoms with van der Waals surface area (Å²) in [4.78, 5) is 5.40. The number of phenols is 1. The second-order valence-electron chi connectivity index (χ2n) is 4.39. The number of thioether (sulfide) groups is 1. The standard InChI is InChI=1S/C16H12ClNOS/c17-12-4-6-13(7-5-12)20-10-11-3-8-15(19)16-14(11)2-1-9-18-16/h1-9,19H,10H2. The van der Waals surface area contributed by atoms with E-state index in [1.54, 1.807) is 24.0 Å². The van der Waals surface area contributed by atoms with E-state index in [2.05, 4.69) is 4.98 Å². The van der Waals surface area contributed by atoms with Crippen molar-refractivity contribution in [2.24, 2.45) is 0 Å². The highest BCUT2D eigenvalue weighted by molar-refractivity contribution is 7.98. The summed E-state index contributed by atoms with van der Waals surface area (Å²) in [5, 5.41) is 11.6. The number of phenolic OH excluding ortho intramolecular Hbond substituents is 1. The predicted octanol–water partition coefficient (Wildman–Crippen LogP) is 4.89. The van der Waals surface area contributed by atoms with Crippen LogP contribution in [0.2, 0.25) is 5.02 Å². The van der Waals surface area contributed by atoms with Gasteiger partial charge in [-0.2, -0.15) is 0 Å². The molecule has 0 saturated heterocycles. The highest BCUT2D eigenvalue weighted by atomic mass is 35.5. The molecule has 0 aliphatic carbocycles. The summed E-state index contributed by atoms with van der Waals surface area (Å²) in [6.45, 7) is 0. The summed E-state index contributed by atoms with van der Waals surface area (Å²) < 4.78 is 0. The van der Waals surface area contributed by atoms with Crippen LogP contribution in [0.4, 0.5) is 0 Å². The highest BCUT2D eigenvalue weighted by Crippen LogP contribution is 2.30. The molecule has 1 N–H and O–H groups in total. The van der Waals surface area contributed by atoms with Crippen molar-refractivity contribution in [1.82, 2.24) is 4.98 Å². The number of rotatable bonds is 3. The Labute approximate surface area is 126 Å². The van der Waals surface area contributed by atoms with Crippen molar-refractivity contribution < 1.29 is 5.11 Å². The number of benzene rings is 2. The number of pyridine rings is 1. The molecule has 0 aliphatic rings. The summed E-state index contributed by atoms with van der Waals surface area (Å²) in [5.41, 5.74) is 1.81. The van der Waals surface area contributed by atoms with Gasteiger partial charge in [0.25, 0.3) is 0 Å². The van der Waals surface area contributed by atoms with E-state index in [1.165, 1.54) is 4.90 Å². The lowest BCUT2D eigenvalue weighted by atomic mass is 10.1. The number of hydrogen-bond acceptors (Lipinski definition) is 3. The third kappa shape index (κ3) is 2.74. The van der Waals surface area contributed by atoms with E-state index in [0.717, 1.165) is 21.7 Å². The molecule has 1 aromatic heterocycles. The predicted molar refractivity (Wildman–Crippen MR) is 84.4 cm³/mol. The Morgan fingerprint density at radius 2 is 1.85 bits per heavy atom. The van der Waals surface area contributed by atoms with Crippen LogP contribution in [0, 0.1) is 0 Å². The monoisotopic (exact) mass is 301 g/mol. The van der Waals surface area contributed by atoms with Gasteiger partial charge in [-0.15, -0.1) is 11.8 Å². The molecule has 0 unspecified atom stereocenters. The molecular formula is C16H12ClNOS. The molecule has 3 aromatic rings. The Hall–Kier alpha value is -1.71. The van der Waals surface area contributed by atoms with Crippen molar-refractivity contribution in [2.75, 3.05) is 0 Å². The molecule has 2 nitrogen and oxygen atoms in total. The molecule has 4 heteroatoms. The van der Waals surface area contributed by atoms with E-state index in [0.29, 0.717) is 5.52 Å². The van der Waals surface area contributed by atoms with Gasteiger partial charge < -0.3 is 5.11 Å². The first kappa shape index (κ1) is 13.3. The smallest absolute Gasteiger partial charge is 0.141 e. The number of hydrogen-bond donors (Lipinski definition) is 1. The molecule has 0 saturated carbocycles. The summed E-state index contributed by atoms with van der Waals surface area (Å²) in [6.07, 6.45) is 1.69. The van der Waals surface area contributed by atoms with Gasteiger partial charge in [0.15, 0.2) is 0 Å². The Kier molecular flexibility index (Phi) is 3.81. The molecule has 0 radical (unpaired) electrons. The molecular weight excluding hydrogens is 290 g/mol. The molecule has 100 valence electrons. The number of aromatic hydroxyl groups is 1. The summed E-state index contributed by atoms with van der Waals surface area (Å²) in [5.74, 6) is 1.05. The first-order chi connectivity index (χ1) is 9.74.